The molecule has 28 heavy (non-hydrogen) atoms. The minimum atomic E-state index is -1.42. The van der Waals surface area contributed by atoms with E-state index in [9.17, 15) is 4.21 Å². The van der Waals surface area contributed by atoms with Crippen molar-refractivity contribution < 1.29 is 8.39 Å². The zero-order chi connectivity index (χ0) is 21.2. The molecule has 0 bridgehead atoms. The maximum Gasteiger partial charge on any atom is 0.190 e. The van der Waals surface area contributed by atoms with Gasteiger partial charge < -0.3 is 0 Å². The standard InChI is InChI=1S/C25H42O2S/c1-15(2)20-13-22(17(5)6)25(23(14-20)18(7)8)28(26)27-24-12-19(9)10-11-21(24)16(3)4/h13-19,21,24H,10-12H2,1-9H3/t19-,21+,24-,28?/m1/s1. The molecule has 0 aliphatic heterocycles. The number of rotatable bonds is 7. The van der Waals surface area contributed by atoms with Crippen molar-refractivity contribution in [2.45, 2.75) is 110 Å². The lowest BCUT2D eigenvalue weighted by Gasteiger charge is -2.36. The fourth-order valence-electron chi connectivity index (χ4n) is 4.47. The molecule has 0 N–H and O–H groups in total. The van der Waals surface area contributed by atoms with Crippen LogP contribution in [0.15, 0.2) is 17.0 Å². The van der Waals surface area contributed by atoms with Crippen molar-refractivity contribution >= 4 is 11.1 Å². The highest BCUT2D eigenvalue weighted by Gasteiger charge is 2.34. The molecule has 3 heteroatoms. The highest BCUT2D eigenvalue weighted by molar-refractivity contribution is 7.80. The summed E-state index contributed by atoms with van der Waals surface area (Å²) in [5.41, 5.74) is 3.72. The van der Waals surface area contributed by atoms with E-state index < -0.39 is 11.1 Å². The zero-order valence-corrected chi connectivity index (χ0v) is 20.4. The molecule has 4 atom stereocenters. The van der Waals surface area contributed by atoms with Crippen LogP contribution >= 0.6 is 0 Å². The summed E-state index contributed by atoms with van der Waals surface area (Å²) < 4.78 is 20.0. The largest absolute Gasteiger partial charge is 0.283 e. The van der Waals surface area contributed by atoms with Gasteiger partial charge >= 0.3 is 0 Å². The Hall–Kier alpha value is -0.670. The average molecular weight is 407 g/mol. The van der Waals surface area contributed by atoms with Crippen LogP contribution in [-0.2, 0) is 15.3 Å². The Morgan fingerprint density at radius 1 is 0.893 bits per heavy atom. The van der Waals surface area contributed by atoms with Gasteiger partial charge in [0.05, 0.1) is 11.0 Å². The molecular formula is C25H42O2S. The lowest BCUT2D eigenvalue weighted by atomic mass is 9.75. The summed E-state index contributed by atoms with van der Waals surface area (Å²) in [6.07, 6.45) is 3.55. The summed E-state index contributed by atoms with van der Waals surface area (Å²) >= 11 is -1.42. The third-order valence-corrected chi connectivity index (χ3v) is 7.65. The minimum absolute atomic E-state index is 0.0920. The van der Waals surface area contributed by atoms with Gasteiger partial charge in [0.1, 0.15) is 0 Å². The molecule has 2 nitrogen and oxygen atoms in total. The average Bonchev–Trinajstić information content (AvgIpc) is 2.59. The Morgan fingerprint density at radius 3 is 1.86 bits per heavy atom. The molecule has 0 spiro atoms. The summed E-state index contributed by atoms with van der Waals surface area (Å²) in [5, 5.41) is 0. The Labute approximate surface area is 176 Å². The third-order valence-electron chi connectivity index (χ3n) is 6.42. The summed E-state index contributed by atoms with van der Waals surface area (Å²) in [5.74, 6) is 2.82. The summed E-state index contributed by atoms with van der Waals surface area (Å²) in [4.78, 5) is 0.940. The fourth-order valence-corrected chi connectivity index (χ4v) is 5.98. The van der Waals surface area contributed by atoms with Gasteiger partial charge in [0.2, 0.25) is 0 Å². The van der Waals surface area contributed by atoms with Crippen LogP contribution in [0.2, 0.25) is 0 Å². The van der Waals surface area contributed by atoms with E-state index in [0.29, 0.717) is 35.5 Å². The van der Waals surface area contributed by atoms with Crippen LogP contribution in [0.5, 0.6) is 0 Å². The predicted molar refractivity (Wildman–Crippen MR) is 121 cm³/mol. The topological polar surface area (TPSA) is 26.3 Å². The lowest BCUT2D eigenvalue weighted by Crippen LogP contribution is -2.35. The van der Waals surface area contributed by atoms with E-state index in [1.807, 2.05) is 0 Å². The Bertz CT molecular complexity index is 646. The van der Waals surface area contributed by atoms with E-state index in [0.717, 1.165) is 11.3 Å². The number of benzene rings is 1. The molecule has 1 unspecified atom stereocenters. The van der Waals surface area contributed by atoms with E-state index in [1.54, 1.807) is 0 Å². The molecule has 1 aliphatic carbocycles. The normalized spacial score (nSPS) is 24.5. The second-order valence-electron chi connectivity index (χ2n) is 10.2. The Morgan fingerprint density at radius 2 is 1.43 bits per heavy atom. The number of hydrogen-bond donors (Lipinski definition) is 0. The second kappa shape index (κ2) is 9.89. The molecule has 0 amide bonds. The van der Waals surface area contributed by atoms with Gasteiger partial charge in [-0.05, 0) is 65.0 Å². The fraction of sp³-hybridized carbons (Fsp3) is 0.760. The molecule has 0 saturated heterocycles. The first kappa shape index (κ1) is 23.6. The molecule has 2 rings (SSSR count). The van der Waals surface area contributed by atoms with Crippen LogP contribution in [0.3, 0.4) is 0 Å². The summed E-state index contributed by atoms with van der Waals surface area (Å²) in [6.45, 7) is 20.1. The predicted octanol–water partition coefficient (Wildman–Crippen LogP) is 7.56. The van der Waals surface area contributed by atoms with Crippen molar-refractivity contribution in [2.24, 2.45) is 17.8 Å². The van der Waals surface area contributed by atoms with Gasteiger partial charge in [0.15, 0.2) is 11.1 Å². The van der Waals surface area contributed by atoms with Crippen molar-refractivity contribution in [3.05, 3.63) is 28.8 Å². The van der Waals surface area contributed by atoms with Crippen molar-refractivity contribution in [3.63, 3.8) is 0 Å². The first-order valence-electron chi connectivity index (χ1n) is 11.3. The lowest BCUT2D eigenvalue weighted by molar-refractivity contribution is 0.0565. The van der Waals surface area contributed by atoms with E-state index >= 15 is 0 Å². The highest BCUT2D eigenvalue weighted by atomic mass is 32.2. The van der Waals surface area contributed by atoms with E-state index in [4.69, 9.17) is 4.18 Å². The molecule has 1 aliphatic rings. The van der Waals surface area contributed by atoms with E-state index in [2.05, 4.69) is 74.4 Å². The Kier molecular flexibility index (Phi) is 8.34. The smallest absolute Gasteiger partial charge is 0.190 e. The molecule has 0 aromatic heterocycles. The van der Waals surface area contributed by atoms with Crippen LogP contribution in [0, 0.1) is 17.8 Å². The van der Waals surface area contributed by atoms with Crippen LogP contribution < -0.4 is 0 Å². The molecular weight excluding hydrogens is 364 g/mol. The van der Waals surface area contributed by atoms with Crippen molar-refractivity contribution in [1.29, 1.82) is 0 Å². The minimum Gasteiger partial charge on any atom is -0.283 e. The van der Waals surface area contributed by atoms with Gasteiger partial charge in [-0.25, -0.2) is 4.21 Å². The third kappa shape index (κ3) is 5.48. The molecule has 0 radical (unpaired) electrons. The van der Waals surface area contributed by atoms with Gasteiger partial charge in [-0.2, -0.15) is 0 Å². The van der Waals surface area contributed by atoms with E-state index in [1.165, 1.54) is 29.5 Å². The van der Waals surface area contributed by atoms with Gasteiger partial charge in [-0.1, -0.05) is 80.9 Å². The monoisotopic (exact) mass is 406 g/mol. The molecule has 160 valence electrons. The molecule has 1 saturated carbocycles. The van der Waals surface area contributed by atoms with Crippen LogP contribution in [0.1, 0.15) is 116 Å². The quantitative estimate of drug-likeness (QED) is 0.467. The number of hydrogen-bond acceptors (Lipinski definition) is 2. The van der Waals surface area contributed by atoms with Crippen LogP contribution in [-0.4, -0.2) is 10.3 Å². The van der Waals surface area contributed by atoms with Gasteiger partial charge in [0.25, 0.3) is 0 Å². The Balaban J connectivity index is 2.45. The molecule has 1 fully saturated rings. The zero-order valence-electron chi connectivity index (χ0n) is 19.5. The van der Waals surface area contributed by atoms with Crippen molar-refractivity contribution in [2.75, 3.05) is 0 Å². The molecule has 0 heterocycles. The molecule has 1 aromatic rings. The van der Waals surface area contributed by atoms with Crippen LogP contribution in [0.4, 0.5) is 0 Å². The first-order valence-corrected chi connectivity index (χ1v) is 12.4. The van der Waals surface area contributed by atoms with Crippen molar-refractivity contribution in [3.8, 4) is 0 Å². The van der Waals surface area contributed by atoms with Gasteiger partial charge in [-0.15, -0.1) is 0 Å². The summed E-state index contributed by atoms with van der Waals surface area (Å²) in [7, 11) is 0. The van der Waals surface area contributed by atoms with E-state index in [-0.39, 0.29) is 6.10 Å². The maximum atomic E-state index is 13.6. The maximum absolute atomic E-state index is 13.6. The first-order chi connectivity index (χ1) is 13.0. The highest BCUT2D eigenvalue weighted by Crippen LogP contribution is 2.39. The summed E-state index contributed by atoms with van der Waals surface area (Å²) in [6, 6.07) is 4.53. The second-order valence-corrected chi connectivity index (χ2v) is 11.3. The van der Waals surface area contributed by atoms with Gasteiger partial charge in [-0.3, -0.25) is 4.18 Å². The molecule has 1 aromatic carbocycles. The van der Waals surface area contributed by atoms with Gasteiger partial charge in [0, 0.05) is 0 Å². The van der Waals surface area contributed by atoms with Crippen LogP contribution in [0.25, 0.3) is 0 Å². The SMILES string of the molecule is CC(C)c1cc(C(C)C)c(S(=O)O[C@@H]2C[C@H](C)CC[C@H]2C(C)C)c(C(C)C)c1. The van der Waals surface area contributed by atoms with Crippen molar-refractivity contribution in [1.82, 2.24) is 0 Å².